The summed E-state index contributed by atoms with van der Waals surface area (Å²) in [5.74, 6) is -0.498. The van der Waals surface area contributed by atoms with Crippen LogP contribution >= 0.6 is 11.3 Å². The van der Waals surface area contributed by atoms with Gasteiger partial charge in [-0.25, -0.2) is 13.1 Å². The van der Waals surface area contributed by atoms with Crippen LogP contribution in [0.2, 0.25) is 0 Å². The molecule has 0 fully saturated rings. The van der Waals surface area contributed by atoms with E-state index in [9.17, 15) is 8.42 Å². The van der Waals surface area contributed by atoms with Crippen molar-refractivity contribution in [3.05, 3.63) is 21.9 Å². The molecule has 1 atom stereocenters. The van der Waals surface area contributed by atoms with E-state index in [1.165, 1.54) is 0 Å². The molecule has 0 aliphatic heterocycles. The molecule has 0 aliphatic carbocycles. The number of rotatable bonds is 4. The molecular weight excluding hydrogens is 232 g/mol. The van der Waals surface area contributed by atoms with E-state index in [0.717, 1.165) is 9.75 Å². The summed E-state index contributed by atoms with van der Waals surface area (Å²) in [5.41, 5.74) is 0. The summed E-state index contributed by atoms with van der Waals surface area (Å²) in [6.45, 7) is 3.73. The molecule has 1 aromatic heterocycles. The van der Waals surface area contributed by atoms with Gasteiger partial charge >= 0.3 is 0 Å². The second-order valence-electron chi connectivity index (χ2n) is 3.21. The Balaban J connectivity index is 2.72. The Bertz CT molecular complexity index is 471. The van der Waals surface area contributed by atoms with Crippen molar-refractivity contribution in [2.45, 2.75) is 19.9 Å². The Morgan fingerprint density at radius 3 is 2.73 bits per heavy atom. The molecule has 0 aromatic carbocycles. The summed E-state index contributed by atoms with van der Waals surface area (Å²) >= 11 is 1.54. The summed E-state index contributed by atoms with van der Waals surface area (Å²) in [5, 5.41) is 8.32. The largest absolute Gasteiger partial charge is 0.225 e. The highest BCUT2D eigenvalue weighted by atomic mass is 32.2. The second-order valence-corrected chi connectivity index (χ2v) is 6.28. The molecule has 0 spiro atoms. The normalized spacial score (nSPS) is 13.4. The SMILES string of the molecule is Cc1ccc(C(C)NS(=O)(=O)CC#N)s1. The highest BCUT2D eigenvalue weighted by molar-refractivity contribution is 7.89. The zero-order valence-electron chi connectivity index (χ0n) is 8.52. The molecule has 4 nitrogen and oxygen atoms in total. The third-order valence-electron chi connectivity index (χ3n) is 1.80. The molecule has 1 N–H and O–H groups in total. The quantitative estimate of drug-likeness (QED) is 0.873. The smallest absolute Gasteiger partial charge is 0.211 e. The highest BCUT2D eigenvalue weighted by Gasteiger charge is 2.16. The number of thiophene rings is 1. The molecule has 0 bridgehead atoms. The monoisotopic (exact) mass is 244 g/mol. The van der Waals surface area contributed by atoms with E-state index in [2.05, 4.69) is 4.72 Å². The van der Waals surface area contributed by atoms with Gasteiger partial charge in [-0.1, -0.05) is 0 Å². The minimum atomic E-state index is -3.47. The van der Waals surface area contributed by atoms with Crippen molar-refractivity contribution in [3.8, 4) is 6.07 Å². The van der Waals surface area contributed by atoms with Crippen LogP contribution in [-0.2, 0) is 10.0 Å². The Morgan fingerprint density at radius 1 is 1.60 bits per heavy atom. The van der Waals surface area contributed by atoms with Crippen molar-refractivity contribution in [3.63, 3.8) is 0 Å². The Kier molecular flexibility index (Phi) is 3.85. The van der Waals surface area contributed by atoms with E-state index < -0.39 is 15.8 Å². The van der Waals surface area contributed by atoms with Crippen molar-refractivity contribution in [2.75, 3.05) is 5.75 Å². The van der Waals surface area contributed by atoms with Gasteiger partial charge in [0, 0.05) is 9.75 Å². The first-order valence-corrected chi connectivity index (χ1v) is 6.85. The molecule has 0 aliphatic rings. The lowest BCUT2D eigenvalue weighted by Crippen LogP contribution is -2.28. The Morgan fingerprint density at radius 2 is 2.27 bits per heavy atom. The minimum Gasteiger partial charge on any atom is -0.211 e. The fraction of sp³-hybridized carbons (Fsp3) is 0.444. The van der Waals surface area contributed by atoms with Crippen LogP contribution in [0.5, 0.6) is 0 Å². The fourth-order valence-corrected chi connectivity index (χ4v) is 3.01. The molecule has 1 heterocycles. The van der Waals surface area contributed by atoms with Gasteiger partial charge in [0.05, 0.1) is 12.1 Å². The van der Waals surface area contributed by atoms with Crippen molar-refractivity contribution in [2.24, 2.45) is 0 Å². The standard InChI is InChI=1S/C9H12N2O2S2/c1-7-3-4-9(14-7)8(2)11-15(12,13)6-5-10/h3-4,8,11H,6H2,1-2H3. The van der Waals surface area contributed by atoms with Crippen LogP contribution in [0, 0.1) is 18.3 Å². The van der Waals surface area contributed by atoms with E-state index in [-0.39, 0.29) is 6.04 Å². The number of aryl methyl sites for hydroxylation is 1. The molecule has 0 saturated heterocycles. The van der Waals surface area contributed by atoms with Crippen molar-refractivity contribution >= 4 is 21.4 Å². The van der Waals surface area contributed by atoms with Crippen molar-refractivity contribution in [1.29, 1.82) is 5.26 Å². The third-order valence-corrected chi connectivity index (χ3v) is 4.20. The molecule has 0 saturated carbocycles. The molecule has 0 amide bonds. The van der Waals surface area contributed by atoms with Crippen LogP contribution in [0.25, 0.3) is 0 Å². The van der Waals surface area contributed by atoms with Crippen LogP contribution in [-0.4, -0.2) is 14.2 Å². The second kappa shape index (κ2) is 4.75. The first kappa shape index (κ1) is 12.2. The molecule has 1 unspecified atom stereocenters. The number of nitriles is 1. The van der Waals surface area contributed by atoms with E-state index >= 15 is 0 Å². The number of nitrogens with one attached hydrogen (secondary N) is 1. The number of hydrogen-bond donors (Lipinski definition) is 1. The van der Waals surface area contributed by atoms with Crippen LogP contribution < -0.4 is 4.72 Å². The highest BCUT2D eigenvalue weighted by Crippen LogP contribution is 2.22. The topological polar surface area (TPSA) is 70.0 Å². The molecule has 6 heteroatoms. The average molecular weight is 244 g/mol. The summed E-state index contributed by atoms with van der Waals surface area (Å²) < 4.78 is 25.0. The van der Waals surface area contributed by atoms with Gasteiger partial charge in [-0.15, -0.1) is 11.3 Å². The summed E-state index contributed by atoms with van der Waals surface area (Å²) in [6.07, 6.45) is 0. The van der Waals surface area contributed by atoms with Crippen molar-refractivity contribution in [1.82, 2.24) is 4.72 Å². The van der Waals surface area contributed by atoms with Gasteiger partial charge < -0.3 is 0 Å². The van der Waals surface area contributed by atoms with Gasteiger partial charge in [0.15, 0.2) is 5.75 Å². The van der Waals surface area contributed by atoms with Crippen molar-refractivity contribution < 1.29 is 8.42 Å². The van der Waals surface area contributed by atoms with Crippen LogP contribution in [0.1, 0.15) is 22.7 Å². The molecular formula is C9H12N2O2S2. The fourth-order valence-electron chi connectivity index (χ4n) is 1.14. The minimum absolute atomic E-state index is 0.276. The average Bonchev–Trinajstić information content (AvgIpc) is 2.50. The van der Waals surface area contributed by atoms with E-state index in [0.29, 0.717) is 0 Å². The lowest BCUT2D eigenvalue weighted by atomic mass is 10.3. The van der Waals surface area contributed by atoms with Gasteiger partial charge in [-0.05, 0) is 26.0 Å². The molecule has 15 heavy (non-hydrogen) atoms. The van der Waals surface area contributed by atoms with Crippen LogP contribution in [0.15, 0.2) is 12.1 Å². The van der Waals surface area contributed by atoms with E-state index in [4.69, 9.17) is 5.26 Å². The van der Waals surface area contributed by atoms with Gasteiger partial charge in [-0.3, -0.25) is 0 Å². The zero-order chi connectivity index (χ0) is 11.5. The van der Waals surface area contributed by atoms with Gasteiger partial charge in [0.1, 0.15) is 0 Å². The first-order valence-electron chi connectivity index (χ1n) is 4.38. The maximum atomic E-state index is 11.3. The summed E-state index contributed by atoms with van der Waals surface area (Å²) in [6, 6.07) is 5.18. The number of nitrogens with zero attached hydrogens (tertiary/aromatic N) is 1. The Hall–Kier alpha value is -0.900. The zero-order valence-corrected chi connectivity index (χ0v) is 10.2. The molecule has 0 radical (unpaired) electrons. The predicted octanol–water partition coefficient (Wildman–Crippen LogP) is 1.56. The summed E-state index contributed by atoms with van der Waals surface area (Å²) in [4.78, 5) is 2.09. The predicted molar refractivity (Wildman–Crippen MR) is 60.0 cm³/mol. The van der Waals surface area contributed by atoms with Gasteiger partial charge in [-0.2, -0.15) is 5.26 Å². The van der Waals surface area contributed by atoms with Gasteiger partial charge in [0.25, 0.3) is 0 Å². The molecule has 1 rings (SSSR count). The lowest BCUT2D eigenvalue weighted by Gasteiger charge is -2.10. The first-order chi connectivity index (χ1) is 6.94. The lowest BCUT2D eigenvalue weighted by molar-refractivity contribution is 0.572. The van der Waals surface area contributed by atoms with E-state index in [1.807, 2.05) is 19.1 Å². The molecule has 82 valence electrons. The summed E-state index contributed by atoms with van der Waals surface area (Å²) in [7, 11) is -3.47. The van der Waals surface area contributed by atoms with Crippen LogP contribution in [0.4, 0.5) is 0 Å². The van der Waals surface area contributed by atoms with E-state index in [1.54, 1.807) is 24.3 Å². The van der Waals surface area contributed by atoms with Gasteiger partial charge in [0.2, 0.25) is 10.0 Å². The number of sulfonamides is 1. The van der Waals surface area contributed by atoms with Crippen LogP contribution in [0.3, 0.4) is 0 Å². The maximum Gasteiger partial charge on any atom is 0.225 e. The number of hydrogen-bond acceptors (Lipinski definition) is 4. The molecule has 1 aromatic rings. The third kappa shape index (κ3) is 3.63. The Labute approximate surface area is 93.6 Å². The maximum absolute atomic E-state index is 11.3.